The second-order valence-corrected chi connectivity index (χ2v) is 5.58. The van der Waals surface area contributed by atoms with Gasteiger partial charge in [0.15, 0.2) is 0 Å². The minimum atomic E-state index is 0. The monoisotopic (exact) mass is 249 g/mol. The molecule has 2 nitrogen and oxygen atoms in total. The molecule has 2 heteroatoms. The van der Waals surface area contributed by atoms with Crippen LogP contribution in [0.2, 0.25) is 0 Å². The average Bonchev–Trinajstić information content (AvgIpc) is 2.30. The van der Waals surface area contributed by atoms with Crippen LogP contribution < -0.4 is 0 Å². The molecule has 102 valence electrons. The lowest BCUT2D eigenvalue weighted by Gasteiger charge is -2.45. The zero-order valence-electron chi connectivity index (χ0n) is 11.1. The van der Waals surface area contributed by atoms with E-state index in [4.69, 9.17) is 4.74 Å². The molecule has 0 saturated carbocycles. The first-order chi connectivity index (χ1) is 8.15. The summed E-state index contributed by atoms with van der Waals surface area (Å²) in [6.07, 6.45) is 1.22. The lowest BCUT2D eigenvalue weighted by molar-refractivity contribution is 0.0157. The number of piperidine rings is 1. The van der Waals surface area contributed by atoms with E-state index in [1.54, 1.807) is 0 Å². The van der Waals surface area contributed by atoms with Crippen molar-refractivity contribution in [2.24, 2.45) is 5.41 Å². The summed E-state index contributed by atoms with van der Waals surface area (Å²) in [4.78, 5) is 2.42. The quantitative estimate of drug-likeness (QED) is 0.814. The Morgan fingerprint density at radius 3 is 2.61 bits per heavy atom. The molecule has 2 atom stereocenters. The molecule has 1 aliphatic heterocycles. The Kier molecular flexibility index (Phi) is 5.36. The van der Waals surface area contributed by atoms with Crippen molar-refractivity contribution in [3.05, 3.63) is 35.9 Å². The number of hydrogen-bond donors (Lipinski definition) is 0. The summed E-state index contributed by atoms with van der Waals surface area (Å²) in [5, 5.41) is 0. The predicted octanol–water partition coefficient (Wildman–Crippen LogP) is 3.39. The minimum Gasteiger partial charge on any atom is -0.384 e. The summed E-state index contributed by atoms with van der Waals surface area (Å²) in [6, 6.07) is 10.9. The third kappa shape index (κ3) is 3.12. The summed E-state index contributed by atoms with van der Waals surface area (Å²) >= 11 is 0. The van der Waals surface area contributed by atoms with Gasteiger partial charge in [-0.15, -0.1) is 0 Å². The van der Waals surface area contributed by atoms with Gasteiger partial charge in [0.05, 0.1) is 6.61 Å². The topological polar surface area (TPSA) is 12.5 Å². The van der Waals surface area contributed by atoms with Crippen molar-refractivity contribution in [3.63, 3.8) is 0 Å². The van der Waals surface area contributed by atoms with Crippen molar-refractivity contribution in [1.29, 1.82) is 0 Å². The normalized spacial score (nSPS) is 28.7. The van der Waals surface area contributed by atoms with Crippen molar-refractivity contribution in [2.75, 3.05) is 33.9 Å². The zero-order valence-corrected chi connectivity index (χ0v) is 11.1. The number of rotatable bonds is 3. The minimum absolute atomic E-state index is 0. The van der Waals surface area contributed by atoms with Crippen molar-refractivity contribution in [3.8, 4) is 0 Å². The largest absolute Gasteiger partial charge is 0.384 e. The molecule has 2 rings (SSSR count). The Morgan fingerprint density at radius 2 is 2.00 bits per heavy atom. The molecule has 1 aromatic rings. The Hall–Kier alpha value is -0.860. The van der Waals surface area contributed by atoms with Gasteiger partial charge >= 0.3 is 0 Å². The fourth-order valence-corrected chi connectivity index (χ4v) is 3.23. The van der Waals surface area contributed by atoms with Crippen molar-refractivity contribution >= 4 is 0 Å². The van der Waals surface area contributed by atoms with Gasteiger partial charge in [0, 0.05) is 19.1 Å². The zero-order chi connectivity index (χ0) is 12.3. The smallest absolute Gasteiger partial charge is 0.0534 e. The van der Waals surface area contributed by atoms with Gasteiger partial charge in [0.2, 0.25) is 0 Å². The van der Waals surface area contributed by atoms with E-state index < -0.39 is 0 Å². The fourth-order valence-electron chi connectivity index (χ4n) is 3.23. The molecule has 0 unspecified atom stereocenters. The van der Waals surface area contributed by atoms with Gasteiger partial charge in [0.25, 0.3) is 0 Å². The molecular formula is C16H27NO. The SMILES string of the molecule is C.COC[C@]1(C)CN(C)CC[C@@H]1c1ccccc1. The van der Waals surface area contributed by atoms with Crippen LogP contribution in [-0.2, 0) is 4.74 Å². The van der Waals surface area contributed by atoms with E-state index in [9.17, 15) is 0 Å². The molecule has 0 bridgehead atoms. The lowest BCUT2D eigenvalue weighted by Crippen LogP contribution is -2.46. The maximum absolute atomic E-state index is 5.46. The molecule has 18 heavy (non-hydrogen) atoms. The molecule has 1 aromatic carbocycles. The number of nitrogens with zero attached hydrogens (tertiary/aromatic N) is 1. The van der Waals surface area contributed by atoms with Gasteiger partial charge < -0.3 is 9.64 Å². The van der Waals surface area contributed by atoms with E-state index >= 15 is 0 Å². The van der Waals surface area contributed by atoms with E-state index in [2.05, 4.69) is 49.2 Å². The van der Waals surface area contributed by atoms with E-state index in [-0.39, 0.29) is 12.8 Å². The van der Waals surface area contributed by atoms with Gasteiger partial charge in [-0.1, -0.05) is 44.7 Å². The predicted molar refractivity (Wildman–Crippen MR) is 78.0 cm³/mol. The molecule has 0 N–H and O–H groups in total. The molecule has 1 fully saturated rings. The van der Waals surface area contributed by atoms with Crippen LogP contribution in [0.5, 0.6) is 0 Å². The summed E-state index contributed by atoms with van der Waals surface area (Å²) in [6.45, 7) is 5.47. The Morgan fingerprint density at radius 1 is 1.33 bits per heavy atom. The molecule has 1 heterocycles. The van der Waals surface area contributed by atoms with Crippen LogP contribution in [0, 0.1) is 5.41 Å². The molecule has 1 aliphatic rings. The number of methoxy groups -OCH3 is 1. The number of hydrogen-bond acceptors (Lipinski definition) is 2. The molecule has 0 radical (unpaired) electrons. The number of likely N-dealkylation sites (tertiary alicyclic amines) is 1. The highest BCUT2D eigenvalue weighted by Crippen LogP contribution is 2.42. The average molecular weight is 249 g/mol. The first-order valence-electron chi connectivity index (χ1n) is 6.38. The second-order valence-electron chi connectivity index (χ2n) is 5.58. The van der Waals surface area contributed by atoms with Crippen LogP contribution in [0.4, 0.5) is 0 Å². The molecule has 0 aromatic heterocycles. The highest BCUT2D eigenvalue weighted by Gasteiger charge is 2.39. The lowest BCUT2D eigenvalue weighted by atomic mass is 9.70. The van der Waals surface area contributed by atoms with Crippen molar-refractivity contribution < 1.29 is 4.74 Å². The summed E-state index contributed by atoms with van der Waals surface area (Å²) in [7, 11) is 4.01. The molecule has 0 amide bonds. The summed E-state index contributed by atoms with van der Waals surface area (Å²) < 4.78 is 5.46. The molecule has 0 spiro atoms. The van der Waals surface area contributed by atoms with E-state index in [0.29, 0.717) is 5.92 Å². The van der Waals surface area contributed by atoms with Gasteiger partial charge in [-0.05, 0) is 31.5 Å². The number of benzene rings is 1. The maximum Gasteiger partial charge on any atom is 0.0534 e. The van der Waals surface area contributed by atoms with Crippen LogP contribution in [0.25, 0.3) is 0 Å². The van der Waals surface area contributed by atoms with Crippen LogP contribution in [0.1, 0.15) is 32.3 Å². The third-order valence-electron chi connectivity index (χ3n) is 3.95. The standard InChI is InChI=1S/C15H23NO.CH4/c1-15(12-17-3)11-16(2)10-9-14(15)13-7-5-4-6-8-13;/h4-8,14H,9-12H2,1-3H3;1H4/t14-,15+;/m1./s1. The van der Waals surface area contributed by atoms with Crippen LogP contribution in [0.15, 0.2) is 30.3 Å². The van der Waals surface area contributed by atoms with Gasteiger partial charge in [-0.3, -0.25) is 0 Å². The van der Waals surface area contributed by atoms with Crippen LogP contribution in [-0.4, -0.2) is 38.8 Å². The third-order valence-corrected chi connectivity index (χ3v) is 3.95. The first-order valence-corrected chi connectivity index (χ1v) is 6.38. The maximum atomic E-state index is 5.46. The highest BCUT2D eigenvalue weighted by molar-refractivity contribution is 5.23. The second kappa shape index (κ2) is 6.35. The Bertz CT molecular complexity index is 351. The van der Waals surface area contributed by atoms with Gasteiger partial charge in [-0.25, -0.2) is 0 Å². The molecule has 0 aliphatic carbocycles. The highest BCUT2D eigenvalue weighted by atomic mass is 16.5. The summed E-state index contributed by atoms with van der Waals surface area (Å²) in [5.41, 5.74) is 1.68. The van der Waals surface area contributed by atoms with E-state index in [1.807, 2.05) is 7.11 Å². The van der Waals surface area contributed by atoms with Crippen molar-refractivity contribution in [2.45, 2.75) is 26.7 Å². The molecule has 1 saturated heterocycles. The molecular weight excluding hydrogens is 222 g/mol. The first kappa shape index (κ1) is 15.2. The summed E-state index contributed by atoms with van der Waals surface area (Å²) in [5.74, 6) is 0.611. The van der Waals surface area contributed by atoms with Crippen molar-refractivity contribution in [1.82, 2.24) is 4.90 Å². The van der Waals surface area contributed by atoms with Gasteiger partial charge in [-0.2, -0.15) is 0 Å². The van der Waals surface area contributed by atoms with Gasteiger partial charge in [0.1, 0.15) is 0 Å². The Balaban J connectivity index is 0.00000162. The van der Waals surface area contributed by atoms with Crippen LogP contribution >= 0.6 is 0 Å². The van der Waals surface area contributed by atoms with Crippen LogP contribution in [0.3, 0.4) is 0 Å². The fraction of sp³-hybridized carbons (Fsp3) is 0.625. The van der Waals surface area contributed by atoms with E-state index in [1.165, 1.54) is 18.5 Å². The van der Waals surface area contributed by atoms with E-state index in [0.717, 1.165) is 13.2 Å². The Labute approximate surface area is 112 Å². The number of ether oxygens (including phenoxy) is 1.